The molecule has 32 heavy (non-hydrogen) atoms. The fourth-order valence-electron chi connectivity index (χ4n) is 2.82. The molecule has 0 saturated carbocycles. The molecule has 0 unspecified atom stereocenters. The molecule has 166 valence electrons. The fourth-order valence-corrected chi connectivity index (χ4v) is 3.67. The standard InChI is InChI=1S/C24H25N3O4S/c1-2-3-13-31-23(30)18-9-11-19(12-10-18)25-21(28)14-20-15-22(29)27-24(26-20)32-16-17-7-5-4-6-8-17/h4-12,15H,2-3,13-14,16H2,1H3,(H,25,28)(H,26,27,29). The molecule has 0 aliphatic rings. The lowest BCUT2D eigenvalue weighted by Gasteiger charge is -2.08. The predicted molar refractivity (Wildman–Crippen MR) is 125 cm³/mol. The fraction of sp³-hybridized carbons (Fsp3) is 0.250. The maximum absolute atomic E-state index is 12.4. The van der Waals surface area contributed by atoms with Gasteiger partial charge in [-0.05, 0) is 36.2 Å². The average molecular weight is 452 g/mol. The highest BCUT2D eigenvalue weighted by Crippen LogP contribution is 2.18. The van der Waals surface area contributed by atoms with Crippen LogP contribution in [-0.4, -0.2) is 28.5 Å². The number of carbonyl (C=O) groups excluding carboxylic acids is 2. The molecule has 0 atom stereocenters. The van der Waals surface area contributed by atoms with Crippen LogP contribution in [-0.2, 0) is 21.7 Å². The summed E-state index contributed by atoms with van der Waals surface area (Å²) in [5.41, 5.74) is 2.17. The molecule has 0 fully saturated rings. The molecule has 2 N–H and O–H groups in total. The summed E-state index contributed by atoms with van der Waals surface area (Å²) in [6.45, 7) is 2.42. The second-order valence-electron chi connectivity index (χ2n) is 7.11. The van der Waals surface area contributed by atoms with E-state index in [1.807, 2.05) is 37.3 Å². The molecule has 3 rings (SSSR count). The monoisotopic (exact) mass is 451 g/mol. The summed E-state index contributed by atoms with van der Waals surface area (Å²) < 4.78 is 5.17. The lowest BCUT2D eigenvalue weighted by atomic mass is 10.2. The number of carbonyl (C=O) groups is 2. The van der Waals surface area contributed by atoms with Crippen molar-refractivity contribution in [2.24, 2.45) is 0 Å². The van der Waals surface area contributed by atoms with Crippen molar-refractivity contribution in [3.8, 4) is 0 Å². The van der Waals surface area contributed by atoms with E-state index in [9.17, 15) is 14.4 Å². The van der Waals surface area contributed by atoms with E-state index >= 15 is 0 Å². The molecule has 8 heteroatoms. The van der Waals surface area contributed by atoms with Crippen LogP contribution < -0.4 is 10.9 Å². The Morgan fingerprint density at radius 1 is 1.09 bits per heavy atom. The Morgan fingerprint density at radius 2 is 1.84 bits per heavy atom. The Bertz CT molecular complexity index is 1100. The van der Waals surface area contributed by atoms with Gasteiger partial charge >= 0.3 is 5.97 Å². The number of hydrogen-bond acceptors (Lipinski definition) is 6. The van der Waals surface area contributed by atoms with Crippen LogP contribution in [0.2, 0.25) is 0 Å². The Morgan fingerprint density at radius 3 is 2.56 bits per heavy atom. The van der Waals surface area contributed by atoms with Gasteiger partial charge in [0.15, 0.2) is 5.16 Å². The van der Waals surface area contributed by atoms with Gasteiger partial charge in [-0.2, -0.15) is 0 Å². The predicted octanol–water partition coefficient (Wildman–Crippen LogP) is 4.20. The average Bonchev–Trinajstić information content (AvgIpc) is 2.78. The molecule has 0 radical (unpaired) electrons. The molecule has 0 saturated heterocycles. The summed E-state index contributed by atoms with van der Waals surface area (Å²) in [5.74, 6) is -0.0305. The molecule has 1 heterocycles. The molecule has 7 nitrogen and oxygen atoms in total. The number of anilines is 1. The number of rotatable bonds is 10. The number of benzene rings is 2. The van der Waals surface area contributed by atoms with E-state index in [2.05, 4.69) is 15.3 Å². The van der Waals surface area contributed by atoms with Gasteiger partial charge in [0.1, 0.15) is 0 Å². The highest BCUT2D eigenvalue weighted by atomic mass is 32.2. The summed E-state index contributed by atoms with van der Waals surface area (Å²) >= 11 is 1.40. The zero-order valence-electron chi connectivity index (χ0n) is 17.8. The number of unbranched alkanes of at least 4 members (excludes halogenated alkanes) is 1. The first-order valence-electron chi connectivity index (χ1n) is 10.4. The number of amides is 1. The van der Waals surface area contributed by atoms with Gasteiger partial charge in [-0.1, -0.05) is 55.4 Å². The van der Waals surface area contributed by atoms with Gasteiger partial charge in [0, 0.05) is 17.5 Å². The van der Waals surface area contributed by atoms with Crippen LogP contribution in [0.1, 0.15) is 41.4 Å². The number of ether oxygens (including phenoxy) is 1. The van der Waals surface area contributed by atoms with Crippen LogP contribution in [0.25, 0.3) is 0 Å². The Balaban J connectivity index is 1.55. The van der Waals surface area contributed by atoms with Crippen LogP contribution in [0, 0.1) is 0 Å². The molecule has 3 aromatic rings. The summed E-state index contributed by atoms with van der Waals surface area (Å²) in [5, 5.41) is 3.22. The minimum atomic E-state index is -0.385. The van der Waals surface area contributed by atoms with E-state index in [4.69, 9.17) is 4.74 Å². The molecule has 1 aromatic heterocycles. The van der Waals surface area contributed by atoms with Crippen molar-refractivity contribution in [1.82, 2.24) is 9.97 Å². The van der Waals surface area contributed by atoms with Crippen molar-refractivity contribution < 1.29 is 14.3 Å². The van der Waals surface area contributed by atoms with Gasteiger partial charge in [-0.3, -0.25) is 9.59 Å². The number of aromatic amines is 1. The van der Waals surface area contributed by atoms with Crippen LogP contribution in [0.5, 0.6) is 0 Å². The van der Waals surface area contributed by atoms with Crippen molar-refractivity contribution in [2.45, 2.75) is 37.1 Å². The summed E-state index contributed by atoms with van der Waals surface area (Å²) in [4.78, 5) is 43.4. The second kappa shape index (κ2) is 11.9. The molecule has 0 bridgehead atoms. The van der Waals surface area contributed by atoms with Crippen molar-refractivity contribution in [2.75, 3.05) is 11.9 Å². The van der Waals surface area contributed by atoms with E-state index in [0.717, 1.165) is 18.4 Å². The normalized spacial score (nSPS) is 10.5. The topological polar surface area (TPSA) is 101 Å². The number of thioether (sulfide) groups is 1. The maximum Gasteiger partial charge on any atom is 0.338 e. The summed E-state index contributed by atoms with van der Waals surface area (Å²) in [7, 11) is 0. The van der Waals surface area contributed by atoms with E-state index in [1.165, 1.54) is 17.8 Å². The molecule has 0 aliphatic carbocycles. The van der Waals surface area contributed by atoms with E-state index in [1.54, 1.807) is 24.3 Å². The van der Waals surface area contributed by atoms with E-state index in [-0.39, 0.29) is 23.9 Å². The second-order valence-corrected chi connectivity index (χ2v) is 8.07. The highest BCUT2D eigenvalue weighted by Gasteiger charge is 2.10. The quantitative estimate of drug-likeness (QED) is 0.207. The SMILES string of the molecule is CCCCOC(=O)c1ccc(NC(=O)Cc2cc(=O)[nH]c(SCc3ccccc3)n2)cc1. The number of H-pyrrole nitrogens is 1. The number of aromatic nitrogens is 2. The van der Waals surface area contributed by atoms with Crippen molar-refractivity contribution in [3.05, 3.63) is 87.8 Å². The molecule has 0 spiro atoms. The van der Waals surface area contributed by atoms with Crippen molar-refractivity contribution in [3.63, 3.8) is 0 Å². The van der Waals surface area contributed by atoms with E-state index in [0.29, 0.717) is 34.5 Å². The zero-order valence-corrected chi connectivity index (χ0v) is 18.6. The lowest BCUT2D eigenvalue weighted by Crippen LogP contribution is -2.18. The van der Waals surface area contributed by atoms with Gasteiger partial charge in [0.25, 0.3) is 5.56 Å². The van der Waals surface area contributed by atoms with Crippen molar-refractivity contribution >= 4 is 29.3 Å². The summed E-state index contributed by atoms with van der Waals surface area (Å²) in [6.07, 6.45) is 1.74. The Labute approximate surface area is 190 Å². The summed E-state index contributed by atoms with van der Waals surface area (Å²) in [6, 6.07) is 17.7. The molecule has 2 aromatic carbocycles. The largest absolute Gasteiger partial charge is 0.462 e. The number of hydrogen-bond donors (Lipinski definition) is 2. The third-order valence-corrected chi connectivity index (χ3v) is 5.41. The first-order valence-corrected chi connectivity index (χ1v) is 11.4. The van der Waals surface area contributed by atoms with Crippen molar-refractivity contribution in [1.29, 1.82) is 0 Å². The van der Waals surface area contributed by atoms with E-state index < -0.39 is 0 Å². The van der Waals surface area contributed by atoms with Gasteiger partial charge in [-0.25, -0.2) is 9.78 Å². The highest BCUT2D eigenvalue weighted by molar-refractivity contribution is 7.98. The Hall–Kier alpha value is -3.39. The molecule has 0 aliphatic heterocycles. The first-order chi connectivity index (χ1) is 15.5. The third kappa shape index (κ3) is 7.39. The zero-order chi connectivity index (χ0) is 22.8. The lowest BCUT2D eigenvalue weighted by molar-refractivity contribution is -0.115. The number of nitrogens with one attached hydrogen (secondary N) is 2. The molecule has 1 amide bonds. The maximum atomic E-state index is 12.4. The van der Waals surface area contributed by atoms with Crippen LogP contribution in [0.15, 0.2) is 70.6 Å². The van der Waals surface area contributed by atoms with Crippen LogP contribution in [0.4, 0.5) is 5.69 Å². The van der Waals surface area contributed by atoms with Gasteiger partial charge < -0.3 is 15.0 Å². The molecular formula is C24H25N3O4S. The van der Waals surface area contributed by atoms with Crippen LogP contribution >= 0.6 is 11.8 Å². The minimum absolute atomic E-state index is 0.0381. The molecular weight excluding hydrogens is 426 g/mol. The number of esters is 1. The van der Waals surface area contributed by atoms with Gasteiger partial charge in [0.05, 0.1) is 24.3 Å². The third-order valence-electron chi connectivity index (χ3n) is 4.47. The minimum Gasteiger partial charge on any atom is -0.462 e. The smallest absolute Gasteiger partial charge is 0.338 e. The first kappa shape index (κ1) is 23.3. The Kier molecular flexibility index (Phi) is 8.62. The van der Waals surface area contributed by atoms with Gasteiger partial charge in [-0.15, -0.1) is 0 Å². The van der Waals surface area contributed by atoms with Gasteiger partial charge in [0.2, 0.25) is 5.91 Å². The number of nitrogens with zero attached hydrogens (tertiary/aromatic N) is 1. The van der Waals surface area contributed by atoms with Crippen LogP contribution in [0.3, 0.4) is 0 Å².